The van der Waals surface area contributed by atoms with Gasteiger partial charge in [0.1, 0.15) is 0 Å². The van der Waals surface area contributed by atoms with Crippen molar-refractivity contribution in [2.45, 2.75) is 32.1 Å². The highest BCUT2D eigenvalue weighted by molar-refractivity contribution is 6.25. The number of nitrogens with zero attached hydrogens (tertiary/aromatic N) is 3. The lowest BCUT2D eigenvalue weighted by Crippen LogP contribution is -2.30. The van der Waals surface area contributed by atoms with Gasteiger partial charge in [0.15, 0.2) is 0 Å². The summed E-state index contributed by atoms with van der Waals surface area (Å²) in [5.41, 5.74) is 17.9. The van der Waals surface area contributed by atoms with E-state index < -0.39 is 5.41 Å². The fourth-order valence-electron chi connectivity index (χ4n) is 10.9. The average molecular weight is 802 g/mol. The fourth-order valence-corrected chi connectivity index (χ4v) is 10.9. The van der Waals surface area contributed by atoms with E-state index in [0.717, 1.165) is 85.0 Å². The van der Waals surface area contributed by atoms with E-state index in [9.17, 15) is 5.26 Å². The molecule has 0 fully saturated rings. The van der Waals surface area contributed by atoms with E-state index in [1.54, 1.807) is 0 Å². The highest BCUT2D eigenvalue weighted by Crippen LogP contribution is 2.58. The largest absolute Gasteiger partial charge is 0.247 e. The van der Waals surface area contributed by atoms with Crippen LogP contribution < -0.4 is 0 Å². The fraction of sp³-hybridized carbons (Fsp3) is 0.0833. The molecule has 2 aliphatic rings. The molecular formula is C60H39N3. The number of allylic oxidation sites excluding steroid dienone is 4. The molecule has 0 spiro atoms. The zero-order valence-electron chi connectivity index (χ0n) is 35.0. The molecule has 0 radical (unpaired) electrons. The summed E-state index contributed by atoms with van der Waals surface area (Å²) in [4.78, 5) is 10.8. The molecule has 63 heavy (non-hydrogen) atoms. The van der Waals surface area contributed by atoms with E-state index >= 15 is 0 Å². The zero-order chi connectivity index (χ0) is 42.2. The molecule has 0 bridgehead atoms. The van der Waals surface area contributed by atoms with E-state index in [1.165, 1.54) is 49.4 Å². The summed E-state index contributed by atoms with van der Waals surface area (Å²) in [6, 6.07) is 65.1. The van der Waals surface area contributed by atoms with E-state index in [0.29, 0.717) is 5.56 Å². The maximum atomic E-state index is 10.1. The monoisotopic (exact) mass is 801 g/mol. The minimum Gasteiger partial charge on any atom is -0.247 e. The Hall–Kier alpha value is -8.11. The van der Waals surface area contributed by atoms with Gasteiger partial charge in [-0.25, -0.2) is 9.97 Å². The number of hydrogen-bond donors (Lipinski definition) is 0. The van der Waals surface area contributed by atoms with Gasteiger partial charge in [0, 0.05) is 38.2 Å². The number of aromatic nitrogens is 2. The summed E-state index contributed by atoms with van der Waals surface area (Å²) >= 11 is 0. The molecular weight excluding hydrogens is 763 g/mol. The number of rotatable bonds is 5. The van der Waals surface area contributed by atoms with Crippen LogP contribution in [0.5, 0.6) is 0 Å². The van der Waals surface area contributed by atoms with Crippen LogP contribution in [0, 0.1) is 37.3 Å². The van der Waals surface area contributed by atoms with Crippen molar-refractivity contribution in [1.29, 1.82) is 5.26 Å². The van der Waals surface area contributed by atoms with Gasteiger partial charge < -0.3 is 0 Å². The van der Waals surface area contributed by atoms with Crippen molar-refractivity contribution >= 4 is 43.4 Å². The lowest BCUT2D eigenvalue weighted by Gasteiger charge is -2.35. The quantitative estimate of drug-likeness (QED) is 0.129. The Kier molecular flexibility index (Phi) is 8.30. The Morgan fingerprint density at radius 2 is 1.16 bits per heavy atom. The lowest BCUT2D eigenvalue weighted by molar-refractivity contribution is 0.693. The molecule has 2 heterocycles. The Labute approximate surface area is 367 Å². The Morgan fingerprint density at radius 3 is 1.78 bits per heavy atom. The van der Waals surface area contributed by atoms with Crippen molar-refractivity contribution in [3.05, 3.63) is 227 Å². The lowest BCUT2D eigenvalue weighted by atomic mass is 9.65. The number of benzene rings is 7. The van der Waals surface area contributed by atoms with Gasteiger partial charge >= 0.3 is 0 Å². The molecule has 294 valence electrons. The molecule has 3 heteroatoms. The second-order valence-corrected chi connectivity index (χ2v) is 16.9. The smallest absolute Gasteiger partial charge is 0.0991 e. The highest BCUT2D eigenvalue weighted by Gasteiger charge is 2.48. The van der Waals surface area contributed by atoms with Gasteiger partial charge in [-0.3, -0.25) is 0 Å². The average Bonchev–Trinajstić information content (AvgIpc) is 3.65. The van der Waals surface area contributed by atoms with E-state index in [2.05, 4.69) is 196 Å². The Morgan fingerprint density at radius 1 is 0.571 bits per heavy atom. The molecule has 3 nitrogen and oxygen atoms in total. The summed E-state index contributed by atoms with van der Waals surface area (Å²) in [5.74, 6) is 0. The normalized spacial score (nSPS) is 15.3. The molecule has 10 aromatic rings. The first-order valence-corrected chi connectivity index (χ1v) is 21.7. The van der Waals surface area contributed by atoms with Crippen LogP contribution in [0.1, 0.15) is 46.2 Å². The minimum atomic E-state index is -0.609. The molecule has 0 aliphatic heterocycles. The highest BCUT2D eigenvalue weighted by atomic mass is 14.7. The van der Waals surface area contributed by atoms with Crippen LogP contribution in [0.15, 0.2) is 182 Å². The van der Waals surface area contributed by atoms with Gasteiger partial charge in [-0.15, -0.1) is 0 Å². The van der Waals surface area contributed by atoms with Gasteiger partial charge in [-0.2, -0.15) is 5.26 Å². The number of hydrogen-bond acceptors (Lipinski definition) is 3. The first-order valence-electron chi connectivity index (χ1n) is 21.7. The summed E-state index contributed by atoms with van der Waals surface area (Å²) in [6.45, 7) is 4.54. The number of nitriles is 1. The maximum Gasteiger partial charge on any atom is 0.0991 e. The number of aryl methyl sites for hydroxylation is 2. The van der Waals surface area contributed by atoms with Crippen molar-refractivity contribution in [2.24, 2.45) is 0 Å². The van der Waals surface area contributed by atoms with Crippen LogP contribution in [0.25, 0.3) is 88.1 Å². The van der Waals surface area contributed by atoms with Gasteiger partial charge in [-0.1, -0.05) is 146 Å². The number of para-hydroxylation sites is 2. The SMILES string of the molecule is Cc1c2c(-c3ccc(-c4ccc5c(c4)C(C4=CC=CCC4)(c4c#cccc4)c4cc(C#N)ccc4-5)cc3)nc3ccccc3c2c(C)c2c(-c3ccccc3)nc3ccccc3c12. The molecule has 1 unspecified atom stereocenters. The summed E-state index contributed by atoms with van der Waals surface area (Å²) in [6.07, 6.45) is 8.56. The van der Waals surface area contributed by atoms with Crippen molar-refractivity contribution in [3.8, 4) is 50.8 Å². The topological polar surface area (TPSA) is 49.6 Å². The first-order chi connectivity index (χ1) is 31.0. The van der Waals surface area contributed by atoms with E-state index in [4.69, 9.17) is 9.97 Å². The molecule has 0 saturated carbocycles. The minimum absolute atomic E-state index is 0.609. The van der Waals surface area contributed by atoms with E-state index in [1.807, 2.05) is 12.1 Å². The molecule has 0 N–H and O–H groups in total. The predicted molar refractivity (Wildman–Crippen MR) is 258 cm³/mol. The van der Waals surface area contributed by atoms with Crippen LogP contribution in [0.3, 0.4) is 0 Å². The Bertz CT molecular complexity index is 3630. The molecule has 8 aromatic carbocycles. The Balaban J connectivity index is 1.07. The first kappa shape index (κ1) is 36.7. The maximum absolute atomic E-state index is 10.1. The third kappa shape index (κ3) is 5.40. The van der Waals surface area contributed by atoms with Crippen molar-refractivity contribution in [3.63, 3.8) is 0 Å². The number of fused-ring (bicyclic) bond motifs is 9. The van der Waals surface area contributed by atoms with Crippen LogP contribution in [0.2, 0.25) is 0 Å². The third-order valence-electron chi connectivity index (χ3n) is 13.6. The number of pyridine rings is 2. The predicted octanol–water partition coefficient (Wildman–Crippen LogP) is 14.8. The van der Waals surface area contributed by atoms with Crippen molar-refractivity contribution < 1.29 is 0 Å². The second kappa shape index (κ2) is 14.2. The summed E-state index contributed by atoms with van der Waals surface area (Å²) in [5, 5.41) is 17.2. The zero-order valence-corrected chi connectivity index (χ0v) is 35.0. The summed E-state index contributed by atoms with van der Waals surface area (Å²) in [7, 11) is 0. The molecule has 0 amide bonds. The molecule has 2 aromatic heterocycles. The van der Waals surface area contributed by atoms with Gasteiger partial charge in [0.25, 0.3) is 0 Å². The molecule has 1 atom stereocenters. The van der Waals surface area contributed by atoms with Gasteiger partial charge in [-0.05, 0) is 130 Å². The standard InChI is InChI=1S/C60H39N3/c1-37-55-49-23-13-15-25-53(49)63-59(57(55)38(2)54-48-22-12-14-24-52(48)62-58(56(37)54)41-16-6-3-7-17-41)42-29-27-40(28-30-42)43-31-33-47-46-32-26-39(36-61)34-50(46)60(51(47)35-43,44-18-8-4-9-19-44)45-20-10-5-11-21-45/h3-8,10,12-18,20,22-35H,9,19H2,1-2H3. The van der Waals surface area contributed by atoms with Crippen LogP contribution in [-0.4, -0.2) is 9.97 Å². The van der Waals surface area contributed by atoms with Crippen molar-refractivity contribution in [2.75, 3.05) is 0 Å². The molecule has 12 rings (SSSR count). The second-order valence-electron chi connectivity index (χ2n) is 16.9. The van der Waals surface area contributed by atoms with Crippen LogP contribution in [0.4, 0.5) is 0 Å². The van der Waals surface area contributed by atoms with Gasteiger partial charge in [0.2, 0.25) is 0 Å². The van der Waals surface area contributed by atoms with Gasteiger partial charge in [0.05, 0.1) is 39.5 Å². The molecule has 0 saturated heterocycles. The van der Waals surface area contributed by atoms with Crippen LogP contribution in [-0.2, 0) is 5.41 Å². The van der Waals surface area contributed by atoms with Crippen LogP contribution >= 0.6 is 0 Å². The third-order valence-corrected chi connectivity index (χ3v) is 13.6. The molecule has 2 aliphatic carbocycles. The van der Waals surface area contributed by atoms with E-state index in [-0.39, 0.29) is 0 Å². The van der Waals surface area contributed by atoms with Crippen molar-refractivity contribution in [1.82, 2.24) is 9.97 Å². The summed E-state index contributed by atoms with van der Waals surface area (Å²) < 4.78 is 0.